The lowest BCUT2D eigenvalue weighted by Gasteiger charge is -2.11. The maximum atomic E-state index is 11.8. The van der Waals surface area contributed by atoms with E-state index in [0.29, 0.717) is 43.1 Å². The van der Waals surface area contributed by atoms with E-state index in [-0.39, 0.29) is 10.9 Å². The Morgan fingerprint density at radius 2 is 2.20 bits per heavy atom. The zero-order valence-corrected chi connectivity index (χ0v) is 12.6. The molecule has 110 valence electrons. The summed E-state index contributed by atoms with van der Waals surface area (Å²) in [6.45, 7) is 3.17. The molecule has 0 aliphatic heterocycles. The lowest BCUT2D eigenvalue weighted by molar-refractivity contribution is -0.116. The van der Waals surface area contributed by atoms with Crippen molar-refractivity contribution < 1.29 is 14.3 Å². The SMILES string of the molecule is CCOCCCC(=O)Nc1ccc(C(N)=S)cc1OC. The van der Waals surface area contributed by atoms with E-state index in [4.69, 9.17) is 27.4 Å². The van der Waals surface area contributed by atoms with Gasteiger partial charge in [0.2, 0.25) is 5.91 Å². The Morgan fingerprint density at radius 3 is 2.80 bits per heavy atom. The number of nitrogens with two attached hydrogens (primary N) is 1. The van der Waals surface area contributed by atoms with Crippen molar-refractivity contribution in [1.82, 2.24) is 0 Å². The lowest BCUT2D eigenvalue weighted by Crippen LogP contribution is -2.14. The summed E-state index contributed by atoms with van der Waals surface area (Å²) >= 11 is 4.90. The first-order valence-electron chi connectivity index (χ1n) is 6.44. The summed E-state index contributed by atoms with van der Waals surface area (Å²) < 4.78 is 10.4. The van der Waals surface area contributed by atoms with Gasteiger partial charge in [-0.15, -0.1) is 0 Å². The topological polar surface area (TPSA) is 73.6 Å². The molecule has 1 rings (SSSR count). The molecule has 0 saturated carbocycles. The van der Waals surface area contributed by atoms with Crippen molar-refractivity contribution in [3.05, 3.63) is 23.8 Å². The van der Waals surface area contributed by atoms with Gasteiger partial charge in [-0.05, 0) is 31.5 Å². The Balaban J connectivity index is 2.62. The highest BCUT2D eigenvalue weighted by Crippen LogP contribution is 2.25. The van der Waals surface area contributed by atoms with E-state index < -0.39 is 0 Å². The number of hydrogen-bond acceptors (Lipinski definition) is 4. The van der Waals surface area contributed by atoms with Crippen LogP contribution < -0.4 is 15.8 Å². The molecule has 5 nitrogen and oxygen atoms in total. The monoisotopic (exact) mass is 296 g/mol. The highest BCUT2D eigenvalue weighted by Gasteiger charge is 2.09. The quantitative estimate of drug-likeness (QED) is 0.567. The Bertz CT molecular complexity index is 477. The van der Waals surface area contributed by atoms with Crippen LogP contribution in [0.25, 0.3) is 0 Å². The molecule has 0 unspecified atom stereocenters. The minimum atomic E-state index is -0.0777. The molecule has 0 fully saturated rings. The Kier molecular flexibility index (Phi) is 6.97. The van der Waals surface area contributed by atoms with Crippen LogP contribution in [0.2, 0.25) is 0 Å². The van der Waals surface area contributed by atoms with Crippen LogP contribution >= 0.6 is 12.2 Å². The van der Waals surface area contributed by atoms with Gasteiger partial charge < -0.3 is 20.5 Å². The molecule has 0 radical (unpaired) electrons. The molecule has 0 bridgehead atoms. The number of nitrogens with one attached hydrogen (secondary N) is 1. The fourth-order valence-corrected chi connectivity index (χ4v) is 1.77. The van der Waals surface area contributed by atoms with Crippen molar-refractivity contribution in [2.45, 2.75) is 19.8 Å². The predicted octanol–water partition coefficient (Wildman–Crippen LogP) is 2.08. The maximum absolute atomic E-state index is 11.8. The average molecular weight is 296 g/mol. The van der Waals surface area contributed by atoms with Gasteiger partial charge in [0.25, 0.3) is 0 Å². The molecule has 0 aliphatic rings. The third-order valence-electron chi connectivity index (χ3n) is 2.66. The molecule has 3 N–H and O–H groups in total. The van der Waals surface area contributed by atoms with Crippen molar-refractivity contribution in [3.63, 3.8) is 0 Å². The van der Waals surface area contributed by atoms with Crippen LogP contribution in [0.3, 0.4) is 0 Å². The van der Waals surface area contributed by atoms with Crippen LogP contribution in [0, 0.1) is 0 Å². The number of methoxy groups -OCH3 is 1. The Morgan fingerprint density at radius 1 is 1.45 bits per heavy atom. The molecule has 1 aromatic carbocycles. The van der Waals surface area contributed by atoms with E-state index in [0.717, 1.165) is 0 Å². The molecule has 0 heterocycles. The Labute approximate surface area is 124 Å². The van der Waals surface area contributed by atoms with E-state index >= 15 is 0 Å². The summed E-state index contributed by atoms with van der Waals surface area (Å²) in [5, 5.41) is 2.80. The van der Waals surface area contributed by atoms with Gasteiger partial charge in [-0.2, -0.15) is 0 Å². The summed E-state index contributed by atoms with van der Waals surface area (Å²) in [6, 6.07) is 5.19. The molecular weight excluding hydrogens is 276 g/mol. The third kappa shape index (κ3) is 5.14. The fourth-order valence-electron chi connectivity index (χ4n) is 1.64. The number of amides is 1. The van der Waals surface area contributed by atoms with E-state index in [1.54, 1.807) is 18.2 Å². The lowest BCUT2D eigenvalue weighted by atomic mass is 10.2. The van der Waals surface area contributed by atoms with Crippen LogP contribution in [0.15, 0.2) is 18.2 Å². The van der Waals surface area contributed by atoms with Crippen molar-refractivity contribution in [2.75, 3.05) is 25.6 Å². The molecule has 0 aliphatic carbocycles. The van der Waals surface area contributed by atoms with Crippen LogP contribution in [0.5, 0.6) is 5.75 Å². The van der Waals surface area contributed by atoms with Crippen LogP contribution in [0.1, 0.15) is 25.3 Å². The predicted molar refractivity (Wildman–Crippen MR) is 83.2 cm³/mol. The summed E-state index contributed by atoms with van der Waals surface area (Å²) in [5.41, 5.74) is 6.86. The van der Waals surface area contributed by atoms with E-state index in [2.05, 4.69) is 5.32 Å². The van der Waals surface area contributed by atoms with Gasteiger partial charge >= 0.3 is 0 Å². The molecule has 1 amide bonds. The zero-order chi connectivity index (χ0) is 15.0. The normalized spacial score (nSPS) is 10.1. The molecule has 0 atom stereocenters. The second-order valence-corrected chi connectivity index (χ2v) is 4.57. The van der Waals surface area contributed by atoms with Gasteiger partial charge in [-0.25, -0.2) is 0 Å². The summed E-state index contributed by atoms with van der Waals surface area (Å²) in [5.74, 6) is 0.458. The number of benzene rings is 1. The van der Waals surface area contributed by atoms with E-state index in [9.17, 15) is 4.79 Å². The van der Waals surface area contributed by atoms with Crippen LogP contribution in [-0.2, 0) is 9.53 Å². The highest BCUT2D eigenvalue weighted by atomic mass is 32.1. The number of ether oxygens (including phenoxy) is 2. The molecule has 20 heavy (non-hydrogen) atoms. The number of anilines is 1. The van der Waals surface area contributed by atoms with Crippen molar-refractivity contribution in [3.8, 4) is 5.75 Å². The number of carbonyl (C=O) groups excluding carboxylic acids is 1. The molecule has 0 saturated heterocycles. The first-order valence-corrected chi connectivity index (χ1v) is 6.84. The van der Waals surface area contributed by atoms with Crippen LogP contribution in [-0.4, -0.2) is 31.2 Å². The second-order valence-electron chi connectivity index (χ2n) is 4.13. The van der Waals surface area contributed by atoms with E-state index in [1.807, 2.05) is 6.92 Å². The zero-order valence-electron chi connectivity index (χ0n) is 11.8. The third-order valence-corrected chi connectivity index (χ3v) is 2.89. The molecule has 1 aromatic rings. The smallest absolute Gasteiger partial charge is 0.224 e. The van der Waals surface area contributed by atoms with Gasteiger partial charge in [0.05, 0.1) is 12.8 Å². The average Bonchev–Trinajstić information content (AvgIpc) is 2.43. The summed E-state index contributed by atoms with van der Waals surface area (Å²) in [4.78, 5) is 12.1. The number of hydrogen-bond donors (Lipinski definition) is 2. The first-order chi connectivity index (χ1) is 9.58. The molecule has 0 aromatic heterocycles. The molecule has 0 spiro atoms. The van der Waals surface area contributed by atoms with Gasteiger partial charge in [0.15, 0.2) is 0 Å². The van der Waals surface area contributed by atoms with Crippen molar-refractivity contribution >= 4 is 28.8 Å². The summed E-state index contributed by atoms with van der Waals surface area (Å²) in [6.07, 6.45) is 1.09. The molecular formula is C14H20N2O3S. The van der Waals surface area contributed by atoms with Crippen molar-refractivity contribution in [1.29, 1.82) is 0 Å². The van der Waals surface area contributed by atoms with Crippen molar-refractivity contribution in [2.24, 2.45) is 5.73 Å². The second kappa shape index (κ2) is 8.50. The fraction of sp³-hybridized carbons (Fsp3) is 0.429. The largest absolute Gasteiger partial charge is 0.495 e. The van der Waals surface area contributed by atoms with Gasteiger partial charge in [-0.3, -0.25) is 4.79 Å². The van der Waals surface area contributed by atoms with Gasteiger partial charge in [-0.1, -0.05) is 12.2 Å². The minimum absolute atomic E-state index is 0.0777. The van der Waals surface area contributed by atoms with Gasteiger partial charge in [0.1, 0.15) is 10.7 Å². The standard InChI is InChI=1S/C14H20N2O3S/c1-3-19-8-4-5-13(17)16-11-7-6-10(14(15)20)9-12(11)18-2/h6-7,9H,3-5,8H2,1-2H3,(H2,15,20)(H,16,17). The molecule has 6 heteroatoms. The number of thiocarbonyl (C=S) groups is 1. The Hall–Kier alpha value is -1.66. The highest BCUT2D eigenvalue weighted by molar-refractivity contribution is 7.80. The maximum Gasteiger partial charge on any atom is 0.224 e. The first kappa shape index (κ1) is 16.4. The number of rotatable bonds is 8. The minimum Gasteiger partial charge on any atom is -0.495 e. The summed E-state index contributed by atoms with van der Waals surface area (Å²) in [7, 11) is 1.53. The van der Waals surface area contributed by atoms with Crippen LogP contribution in [0.4, 0.5) is 5.69 Å². The van der Waals surface area contributed by atoms with Gasteiger partial charge in [0, 0.05) is 25.2 Å². The van der Waals surface area contributed by atoms with E-state index in [1.165, 1.54) is 7.11 Å². The number of carbonyl (C=O) groups is 1.